The van der Waals surface area contributed by atoms with Crippen molar-refractivity contribution in [2.75, 3.05) is 45.2 Å². The fourth-order valence-corrected chi connectivity index (χ4v) is 3.75. The number of anilines is 1. The molecule has 0 saturated carbocycles. The van der Waals surface area contributed by atoms with Crippen LogP contribution < -0.4 is 20.3 Å². The van der Waals surface area contributed by atoms with Crippen LogP contribution in [0.3, 0.4) is 0 Å². The van der Waals surface area contributed by atoms with E-state index in [1.807, 2.05) is 56.4 Å². The van der Waals surface area contributed by atoms with Crippen molar-refractivity contribution >= 4 is 41.5 Å². The number of methoxy groups -OCH3 is 1. The van der Waals surface area contributed by atoms with Gasteiger partial charge >= 0.3 is 0 Å². The number of guanidine groups is 1. The second-order valence-corrected chi connectivity index (χ2v) is 8.03. The van der Waals surface area contributed by atoms with Crippen molar-refractivity contribution in [2.24, 2.45) is 4.99 Å². The highest BCUT2D eigenvalue weighted by Gasteiger charge is 2.21. The third-order valence-corrected chi connectivity index (χ3v) is 5.87. The molecule has 0 aromatic heterocycles. The molecule has 1 amide bonds. The molecule has 1 heterocycles. The maximum atomic E-state index is 12.2. The molecule has 1 atom stereocenters. The normalized spacial score (nSPS) is 14.8. The smallest absolute Gasteiger partial charge is 0.251 e. The number of para-hydroxylation sites is 2. The number of carbonyl (C=O) groups is 1. The second kappa shape index (κ2) is 13.3. The summed E-state index contributed by atoms with van der Waals surface area (Å²) >= 11 is 0. The number of rotatable bonds is 7. The van der Waals surface area contributed by atoms with Crippen LogP contribution in [0.2, 0.25) is 0 Å². The number of aliphatic imine (C=N–C) groups is 1. The summed E-state index contributed by atoms with van der Waals surface area (Å²) in [5.74, 6) is 1.77. The molecule has 180 valence electrons. The second-order valence-electron chi connectivity index (χ2n) is 8.03. The third kappa shape index (κ3) is 7.25. The van der Waals surface area contributed by atoms with E-state index in [9.17, 15) is 4.79 Å². The van der Waals surface area contributed by atoms with E-state index >= 15 is 0 Å². The molecule has 3 rings (SSSR count). The first kappa shape index (κ1) is 26.8. The zero-order valence-electron chi connectivity index (χ0n) is 20.0. The van der Waals surface area contributed by atoms with Crippen molar-refractivity contribution in [2.45, 2.75) is 32.9 Å². The van der Waals surface area contributed by atoms with Crippen molar-refractivity contribution in [1.29, 1.82) is 0 Å². The molecule has 1 fully saturated rings. The first-order valence-electron chi connectivity index (χ1n) is 11.3. The topological polar surface area (TPSA) is 69.2 Å². The monoisotopic (exact) mass is 565 g/mol. The molecule has 1 aliphatic heterocycles. The van der Waals surface area contributed by atoms with Gasteiger partial charge in [0.15, 0.2) is 5.96 Å². The Morgan fingerprint density at radius 2 is 1.76 bits per heavy atom. The van der Waals surface area contributed by atoms with E-state index in [0.717, 1.165) is 55.6 Å². The predicted octanol–water partition coefficient (Wildman–Crippen LogP) is 3.74. The van der Waals surface area contributed by atoms with Gasteiger partial charge in [-0.15, -0.1) is 24.0 Å². The lowest BCUT2D eigenvalue weighted by atomic mass is 10.1. The predicted molar refractivity (Wildman–Crippen MR) is 146 cm³/mol. The van der Waals surface area contributed by atoms with Crippen LogP contribution >= 0.6 is 24.0 Å². The number of halogens is 1. The van der Waals surface area contributed by atoms with Crippen molar-refractivity contribution < 1.29 is 9.53 Å². The highest BCUT2D eigenvalue weighted by atomic mass is 127. The minimum Gasteiger partial charge on any atom is -0.495 e. The molecule has 2 aromatic rings. The number of amides is 1. The van der Waals surface area contributed by atoms with E-state index in [4.69, 9.17) is 4.74 Å². The molecule has 2 aromatic carbocycles. The molecule has 2 N–H and O–H groups in total. The van der Waals surface area contributed by atoms with Crippen molar-refractivity contribution in [3.8, 4) is 5.75 Å². The number of benzene rings is 2. The quantitative estimate of drug-likeness (QED) is 0.304. The molecule has 0 aliphatic carbocycles. The van der Waals surface area contributed by atoms with Gasteiger partial charge in [-0.2, -0.15) is 0 Å². The summed E-state index contributed by atoms with van der Waals surface area (Å²) < 4.78 is 5.51. The van der Waals surface area contributed by atoms with Crippen molar-refractivity contribution in [3.05, 3.63) is 59.7 Å². The molecule has 7 nitrogen and oxygen atoms in total. The lowest BCUT2D eigenvalue weighted by molar-refractivity contribution is 0.0939. The Hall–Kier alpha value is -2.49. The SMILES string of the molecule is CCC(C)NC(=O)c1ccc(CNC(=NC)N2CCN(c3ccccc3OC)CC2)cc1.I. The molecule has 8 heteroatoms. The standard InChI is InChI=1S/C25H35N5O2.HI/c1-5-19(2)28-24(31)21-12-10-20(11-13-21)18-27-25(26-3)30-16-14-29(15-17-30)22-8-6-7-9-23(22)32-4;/h6-13,19H,5,14-18H2,1-4H3,(H,26,27)(H,28,31);1H. The van der Waals surface area contributed by atoms with E-state index in [0.29, 0.717) is 12.1 Å². The van der Waals surface area contributed by atoms with Gasteiger partial charge in [0.2, 0.25) is 0 Å². The van der Waals surface area contributed by atoms with Crippen LogP contribution in [0.1, 0.15) is 36.2 Å². The van der Waals surface area contributed by atoms with E-state index in [1.54, 1.807) is 7.11 Å². The minimum atomic E-state index is -0.0254. The number of ether oxygens (including phenoxy) is 1. The number of carbonyl (C=O) groups excluding carboxylic acids is 1. The zero-order chi connectivity index (χ0) is 22.9. The molecule has 1 unspecified atom stereocenters. The first-order chi connectivity index (χ1) is 15.5. The largest absolute Gasteiger partial charge is 0.495 e. The minimum absolute atomic E-state index is 0. The van der Waals surface area contributed by atoms with Gasteiger partial charge < -0.3 is 25.2 Å². The van der Waals surface area contributed by atoms with Gasteiger partial charge in [0.05, 0.1) is 12.8 Å². The molecule has 0 bridgehead atoms. The van der Waals surface area contributed by atoms with Crippen LogP contribution in [0.25, 0.3) is 0 Å². The first-order valence-corrected chi connectivity index (χ1v) is 11.3. The number of hydrogen-bond acceptors (Lipinski definition) is 4. The summed E-state index contributed by atoms with van der Waals surface area (Å²) in [6.07, 6.45) is 0.917. The molecule has 0 spiro atoms. The van der Waals surface area contributed by atoms with Gasteiger partial charge in [-0.25, -0.2) is 0 Å². The fraction of sp³-hybridized carbons (Fsp3) is 0.440. The Kier molecular flexibility index (Phi) is 10.8. The highest BCUT2D eigenvalue weighted by Crippen LogP contribution is 2.28. The molecular weight excluding hydrogens is 529 g/mol. The number of nitrogens with zero attached hydrogens (tertiary/aromatic N) is 3. The van der Waals surface area contributed by atoms with Gasteiger partial charge in [0, 0.05) is 51.4 Å². The summed E-state index contributed by atoms with van der Waals surface area (Å²) in [6.45, 7) is 8.30. The summed E-state index contributed by atoms with van der Waals surface area (Å²) in [7, 11) is 3.53. The summed E-state index contributed by atoms with van der Waals surface area (Å²) in [5.41, 5.74) is 2.93. The Morgan fingerprint density at radius 1 is 1.09 bits per heavy atom. The summed E-state index contributed by atoms with van der Waals surface area (Å²) in [5, 5.41) is 6.45. The number of piperazine rings is 1. The average Bonchev–Trinajstić information content (AvgIpc) is 2.85. The van der Waals surface area contributed by atoms with Crippen LogP contribution in [0.5, 0.6) is 5.75 Å². The molecule has 1 aliphatic rings. The maximum Gasteiger partial charge on any atom is 0.251 e. The van der Waals surface area contributed by atoms with Crippen molar-refractivity contribution in [3.63, 3.8) is 0 Å². The summed E-state index contributed by atoms with van der Waals surface area (Å²) in [4.78, 5) is 21.4. The lowest BCUT2D eigenvalue weighted by Crippen LogP contribution is -2.52. The van der Waals surface area contributed by atoms with E-state index in [2.05, 4.69) is 38.4 Å². The Labute approximate surface area is 214 Å². The average molecular weight is 566 g/mol. The number of nitrogens with one attached hydrogen (secondary N) is 2. The summed E-state index contributed by atoms with van der Waals surface area (Å²) in [6, 6.07) is 16.1. The van der Waals surface area contributed by atoms with Gasteiger partial charge in [0.25, 0.3) is 5.91 Å². The molecular formula is C25H36IN5O2. The van der Waals surface area contributed by atoms with Crippen LogP contribution in [0.4, 0.5) is 5.69 Å². The van der Waals surface area contributed by atoms with Gasteiger partial charge in [0.1, 0.15) is 5.75 Å². The van der Waals surface area contributed by atoms with E-state index < -0.39 is 0 Å². The Balaban J connectivity index is 0.00000385. The maximum absolute atomic E-state index is 12.2. The molecule has 1 saturated heterocycles. The lowest BCUT2D eigenvalue weighted by Gasteiger charge is -2.38. The Morgan fingerprint density at radius 3 is 2.36 bits per heavy atom. The van der Waals surface area contributed by atoms with E-state index in [-0.39, 0.29) is 35.9 Å². The highest BCUT2D eigenvalue weighted by molar-refractivity contribution is 14.0. The third-order valence-electron chi connectivity index (χ3n) is 5.87. The fourth-order valence-electron chi connectivity index (χ4n) is 3.75. The van der Waals surface area contributed by atoms with Gasteiger partial charge in [-0.3, -0.25) is 9.79 Å². The van der Waals surface area contributed by atoms with Crippen LogP contribution in [-0.4, -0.2) is 63.1 Å². The molecule has 33 heavy (non-hydrogen) atoms. The van der Waals surface area contributed by atoms with Crippen LogP contribution in [0.15, 0.2) is 53.5 Å². The van der Waals surface area contributed by atoms with Gasteiger partial charge in [-0.05, 0) is 43.2 Å². The van der Waals surface area contributed by atoms with Crippen LogP contribution in [-0.2, 0) is 6.54 Å². The van der Waals surface area contributed by atoms with Crippen LogP contribution in [0, 0.1) is 0 Å². The van der Waals surface area contributed by atoms with E-state index in [1.165, 1.54) is 0 Å². The zero-order valence-corrected chi connectivity index (χ0v) is 22.3. The Bertz CT molecular complexity index is 911. The van der Waals surface area contributed by atoms with Gasteiger partial charge in [-0.1, -0.05) is 31.2 Å². The van der Waals surface area contributed by atoms with Crippen molar-refractivity contribution in [1.82, 2.24) is 15.5 Å². The molecule has 0 radical (unpaired) electrons. The number of hydrogen-bond donors (Lipinski definition) is 2.